The van der Waals surface area contributed by atoms with E-state index in [2.05, 4.69) is 41.6 Å². The predicted molar refractivity (Wildman–Crippen MR) is 90.3 cm³/mol. The number of hydrogen-bond donors (Lipinski definition) is 1. The van der Waals surface area contributed by atoms with Gasteiger partial charge < -0.3 is 10.2 Å². The molecule has 3 rings (SSSR count). The fourth-order valence-electron chi connectivity index (χ4n) is 3.13. The van der Waals surface area contributed by atoms with Gasteiger partial charge in [0.15, 0.2) is 0 Å². The Labute approximate surface area is 137 Å². The van der Waals surface area contributed by atoms with Gasteiger partial charge in [-0.3, -0.25) is 4.79 Å². The van der Waals surface area contributed by atoms with Crippen molar-refractivity contribution in [3.05, 3.63) is 48.3 Å². The van der Waals surface area contributed by atoms with E-state index in [1.165, 1.54) is 5.56 Å². The lowest BCUT2D eigenvalue weighted by Crippen LogP contribution is -2.34. The van der Waals surface area contributed by atoms with Crippen LogP contribution in [0.5, 0.6) is 0 Å². The van der Waals surface area contributed by atoms with Crippen molar-refractivity contribution in [3.8, 4) is 5.69 Å². The van der Waals surface area contributed by atoms with Crippen LogP contribution in [0.2, 0.25) is 0 Å². The van der Waals surface area contributed by atoms with Gasteiger partial charge in [0.2, 0.25) is 5.91 Å². The summed E-state index contributed by atoms with van der Waals surface area (Å²) in [6.45, 7) is 4.77. The van der Waals surface area contributed by atoms with E-state index in [9.17, 15) is 4.79 Å². The Bertz CT molecular complexity index is 621. The quantitative estimate of drug-likeness (QED) is 0.799. The Kier molecular flexibility index (Phi) is 5.08. The summed E-state index contributed by atoms with van der Waals surface area (Å²) >= 11 is 0. The third-order valence-electron chi connectivity index (χ3n) is 4.42. The molecule has 0 unspecified atom stereocenters. The Morgan fingerprint density at radius 1 is 1.30 bits per heavy atom. The highest BCUT2D eigenvalue weighted by Crippen LogP contribution is 2.24. The minimum Gasteiger partial charge on any atom is -0.335 e. The van der Waals surface area contributed by atoms with Gasteiger partial charge in [-0.1, -0.05) is 19.1 Å². The predicted octanol–water partition coefficient (Wildman–Crippen LogP) is 2.36. The lowest BCUT2D eigenvalue weighted by molar-refractivity contribution is -0.129. The van der Waals surface area contributed by atoms with Gasteiger partial charge in [0.05, 0.1) is 5.69 Å². The summed E-state index contributed by atoms with van der Waals surface area (Å²) in [6.07, 6.45) is 6.39. The molecule has 2 aromatic rings. The molecule has 5 heteroatoms. The van der Waals surface area contributed by atoms with Crippen LogP contribution in [0, 0.1) is 0 Å². The number of nitrogens with one attached hydrogen (secondary N) is 1. The number of nitrogens with zero attached hydrogens (tertiary/aromatic N) is 3. The van der Waals surface area contributed by atoms with E-state index in [-0.39, 0.29) is 5.91 Å². The number of carbonyl (C=O) groups excluding carboxylic acids is 1. The van der Waals surface area contributed by atoms with Crippen LogP contribution in [-0.2, 0) is 11.3 Å². The third kappa shape index (κ3) is 3.79. The van der Waals surface area contributed by atoms with Gasteiger partial charge in [-0.05, 0) is 49.7 Å². The van der Waals surface area contributed by atoms with Gasteiger partial charge in [-0.25, -0.2) is 4.68 Å². The van der Waals surface area contributed by atoms with Crippen molar-refractivity contribution in [1.82, 2.24) is 20.0 Å². The number of benzene rings is 1. The average Bonchev–Trinajstić information content (AvgIpc) is 3.21. The molecule has 5 nitrogen and oxygen atoms in total. The molecule has 1 saturated heterocycles. The van der Waals surface area contributed by atoms with Crippen molar-refractivity contribution in [3.63, 3.8) is 0 Å². The molecule has 1 aromatic carbocycles. The normalized spacial score (nSPS) is 17.9. The van der Waals surface area contributed by atoms with E-state index < -0.39 is 0 Å². The number of hydrogen-bond acceptors (Lipinski definition) is 3. The SMILES string of the molecule is CCNCC[C@H]1CCC(=O)N1Cc1ccc(-n2cccn2)cc1. The molecular weight excluding hydrogens is 288 g/mol. The number of likely N-dealkylation sites (tertiary alicyclic amines) is 1. The molecule has 1 N–H and O–H groups in total. The van der Waals surface area contributed by atoms with Gasteiger partial charge >= 0.3 is 0 Å². The van der Waals surface area contributed by atoms with Crippen LogP contribution >= 0.6 is 0 Å². The number of carbonyl (C=O) groups is 1. The molecular formula is C18H24N4O. The first-order valence-corrected chi connectivity index (χ1v) is 8.37. The maximum Gasteiger partial charge on any atom is 0.223 e. The summed E-state index contributed by atoms with van der Waals surface area (Å²) in [6, 6.07) is 10.6. The first kappa shape index (κ1) is 15.7. The molecule has 0 bridgehead atoms. The van der Waals surface area contributed by atoms with Gasteiger partial charge in [0, 0.05) is 31.4 Å². The van der Waals surface area contributed by atoms with Crippen LogP contribution in [0.25, 0.3) is 5.69 Å². The van der Waals surface area contributed by atoms with Crippen molar-refractivity contribution in [1.29, 1.82) is 0 Å². The van der Waals surface area contributed by atoms with Crippen LogP contribution in [0.1, 0.15) is 31.7 Å². The zero-order valence-electron chi connectivity index (χ0n) is 13.6. The molecule has 1 aromatic heterocycles. The van der Waals surface area contributed by atoms with Gasteiger partial charge in [0.25, 0.3) is 0 Å². The van der Waals surface area contributed by atoms with Crippen LogP contribution < -0.4 is 5.32 Å². The molecule has 23 heavy (non-hydrogen) atoms. The van der Waals surface area contributed by atoms with Crippen LogP contribution in [-0.4, -0.2) is 39.7 Å². The second-order valence-corrected chi connectivity index (χ2v) is 5.97. The fourth-order valence-corrected chi connectivity index (χ4v) is 3.13. The van der Waals surface area contributed by atoms with Crippen LogP contribution in [0.15, 0.2) is 42.7 Å². The second-order valence-electron chi connectivity index (χ2n) is 5.97. The number of amides is 1. The molecule has 1 atom stereocenters. The molecule has 1 aliphatic rings. The van der Waals surface area contributed by atoms with Gasteiger partial charge in [0.1, 0.15) is 0 Å². The van der Waals surface area contributed by atoms with E-state index in [1.54, 1.807) is 6.20 Å². The summed E-state index contributed by atoms with van der Waals surface area (Å²) in [7, 11) is 0. The molecule has 1 aliphatic heterocycles. The highest BCUT2D eigenvalue weighted by Gasteiger charge is 2.30. The summed E-state index contributed by atoms with van der Waals surface area (Å²) in [5, 5.41) is 7.58. The Morgan fingerprint density at radius 3 is 2.83 bits per heavy atom. The molecule has 2 heterocycles. The van der Waals surface area contributed by atoms with E-state index >= 15 is 0 Å². The molecule has 1 amide bonds. The number of aromatic nitrogens is 2. The Balaban J connectivity index is 1.64. The summed E-state index contributed by atoms with van der Waals surface area (Å²) in [4.78, 5) is 14.2. The average molecular weight is 312 g/mol. The molecule has 0 saturated carbocycles. The summed E-state index contributed by atoms with van der Waals surface area (Å²) < 4.78 is 1.84. The molecule has 0 radical (unpaired) electrons. The van der Waals surface area contributed by atoms with Crippen LogP contribution in [0.4, 0.5) is 0 Å². The van der Waals surface area contributed by atoms with E-state index in [0.29, 0.717) is 19.0 Å². The van der Waals surface area contributed by atoms with Gasteiger partial charge in [-0.2, -0.15) is 5.10 Å². The number of rotatable bonds is 7. The zero-order chi connectivity index (χ0) is 16.1. The second kappa shape index (κ2) is 7.42. The van der Waals surface area contributed by atoms with Gasteiger partial charge in [-0.15, -0.1) is 0 Å². The van der Waals surface area contributed by atoms with E-state index in [4.69, 9.17) is 0 Å². The highest BCUT2D eigenvalue weighted by molar-refractivity contribution is 5.78. The molecule has 122 valence electrons. The first-order chi connectivity index (χ1) is 11.3. The largest absolute Gasteiger partial charge is 0.335 e. The van der Waals surface area contributed by atoms with Crippen molar-refractivity contribution in [2.24, 2.45) is 0 Å². The zero-order valence-corrected chi connectivity index (χ0v) is 13.6. The summed E-state index contributed by atoms with van der Waals surface area (Å²) in [5.74, 6) is 0.280. The lowest BCUT2D eigenvalue weighted by Gasteiger charge is -2.25. The highest BCUT2D eigenvalue weighted by atomic mass is 16.2. The van der Waals surface area contributed by atoms with Crippen molar-refractivity contribution < 1.29 is 4.79 Å². The third-order valence-corrected chi connectivity index (χ3v) is 4.42. The fraction of sp³-hybridized carbons (Fsp3) is 0.444. The molecule has 0 spiro atoms. The minimum atomic E-state index is 0.280. The standard InChI is InChI=1S/C18H24N4O/c1-2-19-12-10-16-8-9-18(23)21(16)14-15-4-6-17(7-5-15)22-13-3-11-20-22/h3-7,11,13,16,19H,2,8-10,12,14H2,1H3/t16-/m1/s1. The first-order valence-electron chi connectivity index (χ1n) is 8.37. The van der Waals surface area contributed by atoms with Crippen molar-refractivity contribution in [2.45, 2.75) is 38.8 Å². The minimum absolute atomic E-state index is 0.280. The molecule has 1 fully saturated rings. The molecule has 0 aliphatic carbocycles. The Hall–Kier alpha value is -2.14. The van der Waals surface area contributed by atoms with E-state index in [0.717, 1.165) is 31.6 Å². The van der Waals surface area contributed by atoms with Crippen LogP contribution in [0.3, 0.4) is 0 Å². The maximum atomic E-state index is 12.2. The lowest BCUT2D eigenvalue weighted by atomic mass is 10.1. The van der Waals surface area contributed by atoms with Crippen molar-refractivity contribution >= 4 is 5.91 Å². The smallest absolute Gasteiger partial charge is 0.223 e. The Morgan fingerprint density at radius 2 is 2.13 bits per heavy atom. The summed E-state index contributed by atoms with van der Waals surface area (Å²) in [5.41, 5.74) is 2.21. The van der Waals surface area contributed by atoms with Crippen molar-refractivity contribution in [2.75, 3.05) is 13.1 Å². The maximum absolute atomic E-state index is 12.2. The van der Waals surface area contributed by atoms with E-state index in [1.807, 2.05) is 21.8 Å². The monoisotopic (exact) mass is 312 g/mol. The topological polar surface area (TPSA) is 50.2 Å².